The highest BCUT2D eigenvalue weighted by Gasteiger charge is 2.28. The molecule has 3 rings (SSSR count). The first-order chi connectivity index (χ1) is 12.3. The van der Waals surface area contributed by atoms with E-state index in [2.05, 4.69) is 4.72 Å². The summed E-state index contributed by atoms with van der Waals surface area (Å²) in [5.74, 6) is 0.114. The van der Waals surface area contributed by atoms with Gasteiger partial charge in [-0.1, -0.05) is 31.7 Å². The first kappa shape index (κ1) is 19.6. The highest BCUT2D eigenvalue weighted by Crippen LogP contribution is 2.28. The van der Waals surface area contributed by atoms with Gasteiger partial charge in [0.2, 0.25) is 20.0 Å². The molecule has 0 amide bonds. The van der Waals surface area contributed by atoms with E-state index in [9.17, 15) is 16.8 Å². The lowest BCUT2D eigenvalue weighted by molar-refractivity contribution is 0.509. The first-order valence-electron chi connectivity index (χ1n) is 9.43. The molecule has 0 unspecified atom stereocenters. The topological polar surface area (TPSA) is 83.6 Å². The second-order valence-electron chi connectivity index (χ2n) is 7.35. The summed E-state index contributed by atoms with van der Waals surface area (Å²) in [6.45, 7) is 2.15. The molecule has 0 aromatic heterocycles. The minimum atomic E-state index is -3.68. The van der Waals surface area contributed by atoms with E-state index in [-0.39, 0.29) is 16.7 Å². The molecule has 1 heterocycles. The zero-order chi connectivity index (χ0) is 18.8. The van der Waals surface area contributed by atoms with Crippen LogP contribution in [-0.2, 0) is 20.0 Å². The van der Waals surface area contributed by atoms with Gasteiger partial charge in [-0.2, -0.15) is 0 Å². The Labute approximate surface area is 157 Å². The smallest absolute Gasteiger partial charge is 0.241 e. The van der Waals surface area contributed by atoms with E-state index in [1.54, 1.807) is 19.1 Å². The van der Waals surface area contributed by atoms with Gasteiger partial charge in [0.05, 0.1) is 16.3 Å². The maximum Gasteiger partial charge on any atom is 0.241 e. The highest BCUT2D eigenvalue weighted by atomic mass is 32.2. The molecule has 1 aliphatic heterocycles. The van der Waals surface area contributed by atoms with E-state index < -0.39 is 20.0 Å². The molecule has 1 aliphatic carbocycles. The molecule has 6 nitrogen and oxygen atoms in total. The third-order valence-corrected chi connectivity index (χ3v) is 8.81. The summed E-state index contributed by atoms with van der Waals surface area (Å²) in [6.07, 6.45) is 7.54. The molecular weight excluding hydrogens is 372 g/mol. The van der Waals surface area contributed by atoms with E-state index in [0.717, 1.165) is 44.9 Å². The maximum absolute atomic E-state index is 13.0. The molecule has 1 aromatic rings. The van der Waals surface area contributed by atoms with Crippen molar-refractivity contribution in [3.05, 3.63) is 23.8 Å². The van der Waals surface area contributed by atoms with Gasteiger partial charge in [0.25, 0.3) is 0 Å². The molecule has 2 aliphatic rings. The molecule has 0 spiro atoms. The predicted octanol–water partition coefficient (Wildman–Crippen LogP) is 2.93. The van der Waals surface area contributed by atoms with Gasteiger partial charge in [0, 0.05) is 12.6 Å². The predicted molar refractivity (Wildman–Crippen MR) is 103 cm³/mol. The first-order valence-corrected chi connectivity index (χ1v) is 12.5. The standard InChI is InChI=1S/C18H28N2O4S2/c1-15-10-11-17(20-12-6-7-13-25(20,21)22)14-18(15)26(23,24)19-16-8-4-2-3-5-9-16/h10-11,14,16,19H,2-9,12-13H2,1H3. The van der Waals surface area contributed by atoms with Gasteiger partial charge in [-0.25, -0.2) is 21.6 Å². The van der Waals surface area contributed by atoms with Crippen molar-refractivity contribution in [2.45, 2.75) is 69.2 Å². The fourth-order valence-corrected chi connectivity index (χ4v) is 6.99. The number of nitrogens with zero attached hydrogens (tertiary/aromatic N) is 1. The van der Waals surface area contributed by atoms with Crippen molar-refractivity contribution >= 4 is 25.7 Å². The maximum atomic E-state index is 13.0. The summed E-state index contributed by atoms with van der Waals surface area (Å²) < 4.78 is 54.8. The van der Waals surface area contributed by atoms with E-state index in [1.807, 2.05) is 0 Å². The SMILES string of the molecule is Cc1ccc(N2CCCCS2(=O)=O)cc1S(=O)(=O)NC1CCCCCC1. The van der Waals surface area contributed by atoms with E-state index in [0.29, 0.717) is 24.2 Å². The quantitative estimate of drug-likeness (QED) is 0.788. The lowest BCUT2D eigenvalue weighted by Gasteiger charge is -2.29. The van der Waals surface area contributed by atoms with Crippen molar-refractivity contribution in [1.82, 2.24) is 4.72 Å². The van der Waals surface area contributed by atoms with Crippen LogP contribution in [0.3, 0.4) is 0 Å². The van der Waals surface area contributed by atoms with Crippen molar-refractivity contribution in [2.75, 3.05) is 16.6 Å². The van der Waals surface area contributed by atoms with Gasteiger partial charge in [0.1, 0.15) is 0 Å². The molecule has 0 bridgehead atoms. The molecule has 8 heteroatoms. The summed E-state index contributed by atoms with van der Waals surface area (Å²) in [4.78, 5) is 0.181. The summed E-state index contributed by atoms with van der Waals surface area (Å²) in [5, 5.41) is 0. The van der Waals surface area contributed by atoms with E-state index in [1.165, 1.54) is 10.4 Å². The summed E-state index contributed by atoms with van der Waals surface area (Å²) in [7, 11) is -7.04. The average molecular weight is 401 g/mol. The van der Waals surface area contributed by atoms with E-state index >= 15 is 0 Å². The van der Waals surface area contributed by atoms with Gasteiger partial charge >= 0.3 is 0 Å². The van der Waals surface area contributed by atoms with Crippen LogP contribution >= 0.6 is 0 Å². The fraction of sp³-hybridized carbons (Fsp3) is 0.667. The number of sulfonamides is 2. The molecule has 1 aromatic carbocycles. The van der Waals surface area contributed by atoms with Gasteiger partial charge in [0.15, 0.2) is 0 Å². The molecule has 1 N–H and O–H groups in total. The van der Waals surface area contributed by atoms with Crippen LogP contribution in [0, 0.1) is 6.92 Å². The molecule has 1 saturated carbocycles. The van der Waals surface area contributed by atoms with Gasteiger partial charge in [-0.15, -0.1) is 0 Å². The monoisotopic (exact) mass is 400 g/mol. The molecular formula is C18H28N2O4S2. The second kappa shape index (κ2) is 7.86. The van der Waals surface area contributed by atoms with Crippen LogP contribution in [0.15, 0.2) is 23.1 Å². The number of nitrogens with one attached hydrogen (secondary N) is 1. The Morgan fingerprint density at radius 3 is 2.38 bits per heavy atom. The zero-order valence-electron chi connectivity index (χ0n) is 15.3. The molecule has 1 saturated heterocycles. The summed E-state index contributed by atoms with van der Waals surface area (Å²) in [6, 6.07) is 4.87. The number of anilines is 1. The van der Waals surface area contributed by atoms with Crippen molar-refractivity contribution < 1.29 is 16.8 Å². The van der Waals surface area contributed by atoms with Crippen LogP contribution in [0.4, 0.5) is 5.69 Å². The largest absolute Gasteiger partial charge is 0.270 e. The highest BCUT2D eigenvalue weighted by molar-refractivity contribution is 7.92. The van der Waals surface area contributed by atoms with Gasteiger partial charge in [-0.3, -0.25) is 4.31 Å². The second-order valence-corrected chi connectivity index (χ2v) is 11.1. The number of rotatable bonds is 4. The number of benzene rings is 1. The molecule has 2 fully saturated rings. The molecule has 0 atom stereocenters. The Balaban J connectivity index is 1.89. The molecule has 0 radical (unpaired) electrons. The van der Waals surface area contributed by atoms with Crippen LogP contribution in [0.1, 0.15) is 56.9 Å². The van der Waals surface area contributed by atoms with Crippen molar-refractivity contribution in [3.8, 4) is 0 Å². The van der Waals surface area contributed by atoms with Gasteiger partial charge < -0.3 is 0 Å². The van der Waals surface area contributed by atoms with Crippen LogP contribution in [-0.4, -0.2) is 35.2 Å². The minimum absolute atomic E-state index is 0.0377. The van der Waals surface area contributed by atoms with E-state index in [4.69, 9.17) is 0 Å². The Morgan fingerprint density at radius 1 is 1.04 bits per heavy atom. The molecule has 146 valence electrons. The normalized spacial score (nSPS) is 22.1. The zero-order valence-corrected chi connectivity index (χ0v) is 16.9. The van der Waals surface area contributed by atoms with Crippen molar-refractivity contribution in [2.24, 2.45) is 0 Å². The fourth-order valence-electron chi connectivity index (χ4n) is 3.79. The number of aryl methyl sites for hydroxylation is 1. The number of hydrogen-bond donors (Lipinski definition) is 1. The van der Waals surface area contributed by atoms with Crippen molar-refractivity contribution in [1.29, 1.82) is 0 Å². The third-order valence-electron chi connectivity index (χ3n) is 5.28. The Hall–Kier alpha value is -1.12. The number of hydrogen-bond acceptors (Lipinski definition) is 4. The third kappa shape index (κ3) is 4.40. The van der Waals surface area contributed by atoms with Crippen LogP contribution in [0.25, 0.3) is 0 Å². The average Bonchev–Trinajstić information content (AvgIpc) is 2.83. The summed E-state index contributed by atoms with van der Waals surface area (Å²) in [5.41, 5.74) is 1.07. The Bertz CT molecular complexity index is 842. The van der Waals surface area contributed by atoms with Crippen LogP contribution in [0.2, 0.25) is 0 Å². The summed E-state index contributed by atoms with van der Waals surface area (Å²) >= 11 is 0. The Kier molecular flexibility index (Phi) is 5.94. The minimum Gasteiger partial charge on any atom is -0.270 e. The van der Waals surface area contributed by atoms with Crippen LogP contribution in [0.5, 0.6) is 0 Å². The Morgan fingerprint density at radius 2 is 1.73 bits per heavy atom. The van der Waals surface area contributed by atoms with Crippen LogP contribution < -0.4 is 9.03 Å². The van der Waals surface area contributed by atoms with Gasteiger partial charge in [-0.05, 0) is 50.3 Å². The molecule has 26 heavy (non-hydrogen) atoms. The lowest BCUT2D eigenvalue weighted by atomic mass is 10.1. The van der Waals surface area contributed by atoms with Crippen molar-refractivity contribution in [3.63, 3.8) is 0 Å². The lowest BCUT2D eigenvalue weighted by Crippen LogP contribution is -2.38.